The summed E-state index contributed by atoms with van der Waals surface area (Å²) in [5, 5.41) is 0. The zero-order valence-corrected chi connectivity index (χ0v) is 11.8. The Morgan fingerprint density at radius 1 is 1.30 bits per heavy atom. The molecule has 3 heteroatoms. The number of benzene rings is 1. The number of Topliss-reactive ketones (excluding diaryl/α,β-unsaturated/α-hetero) is 1. The number of rotatable bonds is 0. The first kappa shape index (κ1) is 11.9. The van der Waals surface area contributed by atoms with Gasteiger partial charge in [-0.2, -0.15) is 0 Å². The van der Waals surface area contributed by atoms with Crippen molar-refractivity contribution in [2.75, 3.05) is 11.9 Å². The van der Waals surface area contributed by atoms with Crippen LogP contribution in [0, 0.1) is 5.41 Å². The minimum Gasteiger partial charge on any atom is -0.311 e. The van der Waals surface area contributed by atoms with E-state index in [9.17, 15) is 9.59 Å². The van der Waals surface area contributed by atoms with E-state index in [0.29, 0.717) is 0 Å². The van der Waals surface area contributed by atoms with Crippen LogP contribution < -0.4 is 4.90 Å². The Kier molecular flexibility index (Phi) is 2.14. The van der Waals surface area contributed by atoms with Gasteiger partial charge in [0.2, 0.25) is 0 Å². The monoisotopic (exact) mass is 267 g/mol. The Bertz CT molecular complexity index is 688. The zero-order valence-electron chi connectivity index (χ0n) is 11.8. The number of ketones is 1. The standard InChI is InChI=1S/C17H17NO2/c1-17-8-4-6-11(15(17)19)10-5-3-7-13-14(10)12(9-17)16(20)18(13)2/h3,5,7,9,11H,4,6,8H2,1-2H3/t11-,17+/m0/s1. The first-order chi connectivity index (χ1) is 9.53. The Morgan fingerprint density at radius 3 is 2.90 bits per heavy atom. The molecule has 0 spiro atoms. The van der Waals surface area contributed by atoms with E-state index in [2.05, 4.69) is 0 Å². The number of carbonyl (C=O) groups is 2. The van der Waals surface area contributed by atoms with Gasteiger partial charge in [0.1, 0.15) is 5.78 Å². The number of hydrogen-bond acceptors (Lipinski definition) is 2. The second-order valence-corrected chi connectivity index (χ2v) is 6.39. The zero-order chi connectivity index (χ0) is 14.1. The molecule has 0 N–H and O–H groups in total. The summed E-state index contributed by atoms with van der Waals surface area (Å²) in [6.45, 7) is 1.99. The van der Waals surface area contributed by atoms with Gasteiger partial charge in [-0.3, -0.25) is 9.59 Å². The molecule has 1 heterocycles. The molecule has 1 fully saturated rings. The highest BCUT2D eigenvalue weighted by Crippen LogP contribution is 2.51. The molecule has 1 saturated carbocycles. The molecule has 2 atom stereocenters. The molecule has 1 aromatic carbocycles. The highest BCUT2D eigenvalue weighted by Gasteiger charge is 2.47. The van der Waals surface area contributed by atoms with Crippen molar-refractivity contribution in [3.63, 3.8) is 0 Å². The number of hydrogen-bond donors (Lipinski definition) is 0. The normalized spacial score (nSPS) is 31.0. The van der Waals surface area contributed by atoms with Crippen molar-refractivity contribution in [3.05, 3.63) is 35.4 Å². The van der Waals surface area contributed by atoms with E-state index in [1.165, 1.54) is 0 Å². The van der Waals surface area contributed by atoms with Crippen LogP contribution in [-0.2, 0) is 9.59 Å². The average Bonchev–Trinajstić information content (AvgIpc) is 2.66. The number of allylic oxidation sites excluding steroid dienone is 1. The molecule has 4 rings (SSSR count). The van der Waals surface area contributed by atoms with Crippen LogP contribution in [0.5, 0.6) is 0 Å². The van der Waals surface area contributed by atoms with Gasteiger partial charge in [-0.15, -0.1) is 0 Å². The van der Waals surface area contributed by atoms with Crippen LogP contribution in [0.2, 0.25) is 0 Å². The topological polar surface area (TPSA) is 37.4 Å². The van der Waals surface area contributed by atoms with E-state index in [4.69, 9.17) is 0 Å². The maximum absolute atomic E-state index is 12.8. The minimum atomic E-state index is -0.477. The molecule has 1 aliphatic heterocycles. The van der Waals surface area contributed by atoms with Crippen LogP contribution in [0.3, 0.4) is 0 Å². The molecule has 102 valence electrons. The van der Waals surface area contributed by atoms with Crippen molar-refractivity contribution in [3.8, 4) is 0 Å². The van der Waals surface area contributed by atoms with Crippen molar-refractivity contribution >= 4 is 23.0 Å². The van der Waals surface area contributed by atoms with Gasteiger partial charge in [-0.05, 0) is 31.4 Å². The van der Waals surface area contributed by atoms with Gasteiger partial charge >= 0.3 is 0 Å². The molecular weight excluding hydrogens is 250 g/mol. The fourth-order valence-corrected chi connectivity index (χ4v) is 4.04. The van der Waals surface area contributed by atoms with Gasteiger partial charge in [-0.1, -0.05) is 24.6 Å². The quantitative estimate of drug-likeness (QED) is 0.724. The van der Waals surface area contributed by atoms with Crippen LogP contribution in [0.25, 0.3) is 5.57 Å². The third kappa shape index (κ3) is 1.25. The maximum atomic E-state index is 12.8. The summed E-state index contributed by atoms with van der Waals surface area (Å²) in [7, 11) is 1.81. The summed E-state index contributed by atoms with van der Waals surface area (Å²) in [6, 6.07) is 5.96. The van der Waals surface area contributed by atoms with E-state index < -0.39 is 5.41 Å². The van der Waals surface area contributed by atoms with Crippen LogP contribution in [0.1, 0.15) is 43.2 Å². The molecule has 1 amide bonds. The molecule has 20 heavy (non-hydrogen) atoms. The number of fused-ring (bicyclic) bond motifs is 3. The molecule has 0 unspecified atom stereocenters. The lowest BCUT2D eigenvalue weighted by Gasteiger charge is -2.33. The number of anilines is 1. The smallest absolute Gasteiger partial charge is 0.258 e. The van der Waals surface area contributed by atoms with Crippen molar-refractivity contribution in [1.29, 1.82) is 0 Å². The van der Waals surface area contributed by atoms with Crippen molar-refractivity contribution in [1.82, 2.24) is 0 Å². The number of amides is 1. The molecule has 3 aliphatic rings. The molecule has 0 radical (unpaired) electrons. The second-order valence-electron chi connectivity index (χ2n) is 6.39. The number of carbonyl (C=O) groups excluding carboxylic acids is 2. The molecular formula is C17H17NO2. The van der Waals surface area contributed by atoms with Gasteiger partial charge in [0.15, 0.2) is 0 Å². The lowest BCUT2D eigenvalue weighted by atomic mass is 9.69. The van der Waals surface area contributed by atoms with Crippen LogP contribution in [0.4, 0.5) is 5.69 Å². The Balaban J connectivity index is 2.09. The van der Waals surface area contributed by atoms with Crippen molar-refractivity contribution in [2.45, 2.75) is 32.1 Å². The Labute approximate surface area is 118 Å². The van der Waals surface area contributed by atoms with E-state index in [1.54, 1.807) is 4.90 Å². The summed E-state index contributed by atoms with van der Waals surface area (Å²) >= 11 is 0. The largest absolute Gasteiger partial charge is 0.311 e. The third-order valence-electron chi connectivity index (χ3n) is 5.15. The first-order valence-electron chi connectivity index (χ1n) is 7.21. The average molecular weight is 267 g/mol. The molecule has 0 saturated heterocycles. The van der Waals surface area contributed by atoms with E-state index in [1.807, 2.05) is 38.2 Å². The number of nitrogens with zero attached hydrogens (tertiary/aromatic N) is 1. The summed E-state index contributed by atoms with van der Waals surface area (Å²) in [4.78, 5) is 27.0. The first-order valence-corrected chi connectivity index (χ1v) is 7.21. The second kappa shape index (κ2) is 3.60. The van der Waals surface area contributed by atoms with Crippen LogP contribution in [0.15, 0.2) is 24.3 Å². The molecule has 0 aromatic heterocycles. The summed E-state index contributed by atoms with van der Waals surface area (Å²) < 4.78 is 0. The fourth-order valence-electron chi connectivity index (χ4n) is 4.04. The van der Waals surface area contributed by atoms with Gasteiger partial charge in [0.25, 0.3) is 5.91 Å². The van der Waals surface area contributed by atoms with Crippen molar-refractivity contribution < 1.29 is 9.59 Å². The Morgan fingerprint density at radius 2 is 2.10 bits per heavy atom. The van der Waals surface area contributed by atoms with E-state index in [0.717, 1.165) is 41.6 Å². The number of likely N-dealkylation sites (N-methyl/N-ethyl adjacent to an activating group) is 1. The van der Waals surface area contributed by atoms with Gasteiger partial charge in [0, 0.05) is 29.5 Å². The van der Waals surface area contributed by atoms with E-state index >= 15 is 0 Å². The summed E-state index contributed by atoms with van der Waals surface area (Å²) in [6.07, 6.45) is 4.75. The SMILES string of the molecule is CN1C(=O)C2=C[C@@]3(C)CCC[C@H](C3=O)c3cccc1c32. The van der Waals surface area contributed by atoms with Gasteiger partial charge in [0.05, 0.1) is 5.69 Å². The highest BCUT2D eigenvalue weighted by atomic mass is 16.2. The fraction of sp³-hybridized carbons (Fsp3) is 0.412. The predicted molar refractivity (Wildman–Crippen MR) is 77.5 cm³/mol. The molecule has 3 nitrogen and oxygen atoms in total. The molecule has 2 bridgehead atoms. The van der Waals surface area contributed by atoms with Crippen molar-refractivity contribution in [2.24, 2.45) is 5.41 Å². The maximum Gasteiger partial charge on any atom is 0.258 e. The third-order valence-corrected chi connectivity index (χ3v) is 5.15. The molecule has 1 aromatic rings. The van der Waals surface area contributed by atoms with Gasteiger partial charge < -0.3 is 4.90 Å². The van der Waals surface area contributed by atoms with Crippen LogP contribution >= 0.6 is 0 Å². The predicted octanol–water partition coefficient (Wildman–Crippen LogP) is 2.90. The lowest BCUT2D eigenvalue weighted by molar-refractivity contribution is -0.129. The van der Waals surface area contributed by atoms with E-state index in [-0.39, 0.29) is 17.6 Å². The minimum absolute atomic E-state index is 0.0222. The van der Waals surface area contributed by atoms with Crippen LogP contribution in [-0.4, -0.2) is 18.7 Å². The summed E-state index contributed by atoms with van der Waals surface area (Å²) in [5.41, 5.74) is 3.26. The Hall–Kier alpha value is -1.90. The summed E-state index contributed by atoms with van der Waals surface area (Å²) in [5.74, 6) is 0.264. The highest BCUT2D eigenvalue weighted by molar-refractivity contribution is 6.33. The molecule has 2 aliphatic carbocycles. The lowest BCUT2D eigenvalue weighted by Crippen LogP contribution is -2.34. The van der Waals surface area contributed by atoms with Gasteiger partial charge in [-0.25, -0.2) is 0 Å².